The van der Waals surface area contributed by atoms with Crippen LogP contribution in [0.4, 0.5) is 0 Å². The van der Waals surface area contributed by atoms with Crippen LogP contribution in [-0.4, -0.2) is 26.6 Å². The van der Waals surface area contributed by atoms with Gasteiger partial charge in [0, 0.05) is 0 Å². The predicted molar refractivity (Wildman–Crippen MR) is 48.6 cm³/mol. The minimum atomic E-state index is -0.0166. The standard InChI is InChI=1S/C2H12N2Si2.2CH4/c1-3-6-4-5-2;;/h3-4H,5-6H2,1-2H3;2*1H4. The fourth-order valence-electron chi connectivity index (χ4n) is 0.250. The van der Waals surface area contributed by atoms with E-state index in [4.69, 9.17) is 0 Å². The summed E-state index contributed by atoms with van der Waals surface area (Å²) in [4.78, 5) is 3.13. The maximum atomic E-state index is 3.36. The van der Waals surface area contributed by atoms with Gasteiger partial charge in [0.2, 0.25) is 0 Å². The first-order valence-corrected chi connectivity index (χ1v) is 5.80. The Labute approximate surface area is 58.3 Å². The van der Waals surface area contributed by atoms with Crippen molar-refractivity contribution in [1.82, 2.24) is 9.63 Å². The van der Waals surface area contributed by atoms with E-state index in [0.717, 1.165) is 0 Å². The predicted octanol–water partition coefficient (Wildman–Crippen LogP) is -0.802. The fourth-order valence-corrected chi connectivity index (χ4v) is 2.25. The van der Waals surface area contributed by atoms with Crippen LogP contribution in [0.25, 0.3) is 0 Å². The summed E-state index contributed by atoms with van der Waals surface area (Å²) in [6, 6.07) is 0. The van der Waals surface area contributed by atoms with Crippen LogP contribution in [0.1, 0.15) is 14.9 Å². The van der Waals surface area contributed by atoms with Crippen LogP contribution < -0.4 is 9.63 Å². The first-order valence-electron chi connectivity index (χ1n) is 2.27. The van der Waals surface area contributed by atoms with Gasteiger partial charge < -0.3 is 9.63 Å². The molecule has 0 fully saturated rings. The van der Waals surface area contributed by atoms with Crippen LogP contribution in [0.15, 0.2) is 0 Å². The molecular weight excluding hydrogens is 132 g/mol. The lowest BCUT2D eigenvalue weighted by atomic mass is 11.6. The lowest BCUT2D eigenvalue weighted by Gasteiger charge is -1.92. The third kappa shape index (κ3) is 16.2. The molecule has 0 atom stereocenters. The van der Waals surface area contributed by atoms with E-state index in [1.54, 1.807) is 0 Å². The summed E-state index contributed by atoms with van der Waals surface area (Å²) in [5.74, 6) is 0. The molecule has 0 aliphatic rings. The third-order valence-corrected chi connectivity index (χ3v) is 3.91. The van der Waals surface area contributed by atoms with Crippen molar-refractivity contribution in [1.29, 1.82) is 0 Å². The number of nitrogens with one attached hydrogen (secondary N) is 2. The monoisotopic (exact) mass is 152 g/mol. The number of hydrogen-bond donors (Lipinski definition) is 2. The van der Waals surface area contributed by atoms with Crippen LogP contribution >= 0.6 is 0 Å². The molecule has 4 heteroatoms. The number of rotatable bonds is 3. The molecule has 0 amide bonds. The zero-order chi connectivity index (χ0) is 4.83. The van der Waals surface area contributed by atoms with Crippen LogP contribution in [0.2, 0.25) is 6.55 Å². The van der Waals surface area contributed by atoms with Crippen LogP contribution in [0.3, 0.4) is 0 Å². The van der Waals surface area contributed by atoms with Crippen molar-refractivity contribution in [2.45, 2.75) is 21.4 Å². The first-order chi connectivity index (χ1) is 2.91. The summed E-state index contributed by atoms with van der Waals surface area (Å²) in [7, 11) is 2.14. The maximum Gasteiger partial charge on any atom is 0.160 e. The smallest absolute Gasteiger partial charge is 0.160 e. The van der Waals surface area contributed by atoms with E-state index in [9.17, 15) is 0 Å². The van der Waals surface area contributed by atoms with Gasteiger partial charge in [0.05, 0.1) is 9.68 Å². The average molecular weight is 152 g/mol. The van der Waals surface area contributed by atoms with Crippen LogP contribution in [-0.2, 0) is 0 Å². The highest BCUT2D eigenvalue weighted by atomic mass is 28.3. The average Bonchev–Trinajstić information content (AvgIpc) is 1.61. The first kappa shape index (κ1) is 15.8. The summed E-state index contributed by atoms with van der Waals surface area (Å²) < 4.78 is 3.36. The van der Waals surface area contributed by atoms with Crippen molar-refractivity contribution in [2.24, 2.45) is 0 Å². The summed E-state index contributed by atoms with van der Waals surface area (Å²) in [6.45, 7) is 2.25. The summed E-state index contributed by atoms with van der Waals surface area (Å²) >= 11 is 0. The molecule has 0 heterocycles. The fraction of sp³-hybridized carbons (Fsp3) is 1.00. The highest BCUT2D eigenvalue weighted by Crippen LogP contribution is 1.37. The van der Waals surface area contributed by atoms with Crippen LogP contribution in [0, 0.1) is 0 Å². The largest absolute Gasteiger partial charge is 0.357 e. The molecule has 0 aliphatic heterocycles. The quantitative estimate of drug-likeness (QED) is 0.409. The molecule has 0 aliphatic carbocycles. The highest BCUT2D eigenvalue weighted by molar-refractivity contribution is 6.48. The topological polar surface area (TPSA) is 24.1 Å². The molecular formula is C4H20N2Si2. The van der Waals surface area contributed by atoms with Gasteiger partial charge in [-0.3, -0.25) is 0 Å². The van der Waals surface area contributed by atoms with E-state index in [-0.39, 0.29) is 34.4 Å². The van der Waals surface area contributed by atoms with Gasteiger partial charge in [-0.1, -0.05) is 21.4 Å². The van der Waals surface area contributed by atoms with Gasteiger partial charge in [0.1, 0.15) is 0 Å². The Bertz CT molecular complexity index is 24.0. The van der Waals surface area contributed by atoms with E-state index >= 15 is 0 Å². The van der Waals surface area contributed by atoms with E-state index in [2.05, 4.69) is 16.2 Å². The van der Waals surface area contributed by atoms with Gasteiger partial charge in [-0.2, -0.15) is 0 Å². The zero-order valence-electron chi connectivity index (χ0n) is 4.41. The molecule has 2 nitrogen and oxygen atoms in total. The van der Waals surface area contributed by atoms with Crippen molar-refractivity contribution in [2.75, 3.05) is 7.05 Å². The lowest BCUT2D eigenvalue weighted by molar-refractivity contribution is 1.21. The molecule has 0 saturated carbocycles. The molecule has 2 N–H and O–H groups in total. The van der Waals surface area contributed by atoms with Gasteiger partial charge in [-0.05, 0) is 7.05 Å². The Morgan fingerprint density at radius 2 is 1.75 bits per heavy atom. The Morgan fingerprint density at radius 1 is 1.25 bits per heavy atom. The summed E-state index contributed by atoms with van der Waals surface area (Å²) in [5, 5.41) is 0. The Balaban J connectivity index is -0.000000125. The van der Waals surface area contributed by atoms with Crippen molar-refractivity contribution < 1.29 is 0 Å². The van der Waals surface area contributed by atoms with E-state index in [0.29, 0.717) is 0 Å². The molecule has 0 saturated heterocycles. The second-order valence-electron chi connectivity index (χ2n) is 1.13. The van der Waals surface area contributed by atoms with Gasteiger partial charge in [-0.15, -0.1) is 0 Å². The van der Waals surface area contributed by atoms with Crippen molar-refractivity contribution >= 4 is 19.5 Å². The third-order valence-electron chi connectivity index (χ3n) is 0.552. The van der Waals surface area contributed by atoms with Crippen molar-refractivity contribution in [3.8, 4) is 0 Å². The van der Waals surface area contributed by atoms with Crippen LogP contribution in [0.5, 0.6) is 0 Å². The van der Waals surface area contributed by atoms with Gasteiger partial charge >= 0.3 is 0 Å². The molecule has 0 aromatic carbocycles. The van der Waals surface area contributed by atoms with Crippen molar-refractivity contribution in [3.63, 3.8) is 0 Å². The minimum Gasteiger partial charge on any atom is -0.357 e. The van der Waals surface area contributed by atoms with Gasteiger partial charge in [-0.25, -0.2) is 0 Å². The second kappa shape index (κ2) is 15.7. The van der Waals surface area contributed by atoms with Crippen molar-refractivity contribution in [3.05, 3.63) is 0 Å². The number of hydrogen-bond acceptors (Lipinski definition) is 2. The summed E-state index contributed by atoms with van der Waals surface area (Å²) in [6.07, 6.45) is 0. The lowest BCUT2D eigenvalue weighted by Crippen LogP contribution is -2.31. The maximum absolute atomic E-state index is 3.36. The van der Waals surface area contributed by atoms with E-state index < -0.39 is 0 Å². The van der Waals surface area contributed by atoms with Gasteiger partial charge in [0.15, 0.2) is 9.84 Å². The molecule has 0 rings (SSSR count). The SMILES string of the molecule is C.C.CN[SiH2]N[SiH2]C. The Morgan fingerprint density at radius 3 is 1.88 bits per heavy atom. The molecule has 8 heavy (non-hydrogen) atoms. The van der Waals surface area contributed by atoms with E-state index in [1.807, 2.05) is 7.05 Å². The van der Waals surface area contributed by atoms with Gasteiger partial charge in [0.25, 0.3) is 0 Å². The Hall–Kier alpha value is 0.354. The minimum absolute atomic E-state index is 0. The molecule has 54 valence electrons. The zero-order valence-corrected chi connectivity index (χ0v) is 7.24. The molecule has 0 radical (unpaired) electrons. The molecule has 0 unspecified atom stereocenters. The Kier molecular flexibility index (Phi) is 30.9. The molecule has 0 aromatic heterocycles. The highest BCUT2D eigenvalue weighted by Gasteiger charge is 1.72. The normalized spacial score (nSPS) is 9.75. The molecule has 0 bridgehead atoms. The van der Waals surface area contributed by atoms with E-state index in [1.165, 1.54) is 0 Å². The second-order valence-corrected chi connectivity index (χ2v) is 4.90. The molecule has 0 aromatic rings. The summed E-state index contributed by atoms with van der Waals surface area (Å²) in [5.41, 5.74) is 0. The molecule has 0 spiro atoms.